The number of ether oxygens (including phenoxy) is 1. The molecule has 2 heterocycles. The SMILES string of the molecule is COc1ccccc1C1CCN(C(=O)c2ccc3nc(C4C=CC(F)CC4)c(CCCCC(=O)O)nc3c2)CC1. The monoisotopic (exact) mass is 545 g/mol. The van der Waals surface area contributed by atoms with Gasteiger partial charge in [0, 0.05) is 31.0 Å². The Labute approximate surface area is 234 Å². The molecule has 8 heteroatoms. The van der Waals surface area contributed by atoms with E-state index in [2.05, 4.69) is 6.07 Å². The number of likely N-dealkylation sites (tertiary alicyclic amines) is 1. The number of methoxy groups -OCH3 is 1. The number of aryl methyl sites for hydroxylation is 1. The highest BCUT2D eigenvalue weighted by Crippen LogP contribution is 2.35. The summed E-state index contributed by atoms with van der Waals surface area (Å²) in [5.41, 5.74) is 4.75. The third kappa shape index (κ3) is 6.32. The Bertz CT molecular complexity index is 1400. The standard InChI is InChI=1S/C32H36FN3O4/c1-40-29-8-4-2-6-25(29)21-16-18-36(19-17-21)32(39)23-12-15-26-28(20-23)34-27(7-3-5-9-30(37)38)31(35-26)22-10-13-24(33)14-11-22/h2,4,6,8,10,12-13,15,20-22,24H,3,5,7,9,11,14,16-19H2,1H3,(H,37,38). The first-order valence-corrected chi connectivity index (χ1v) is 14.2. The van der Waals surface area contributed by atoms with Gasteiger partial charge in [-0.3, -0.25) is 9.59 Å². The molecule has 5 rings (SSSR count). The lowest BCUT2D eigenvalue weighted by molar-refractivity contribution is -0.137. The third-order valence-electron chi connectivity index (χ3n) is 8.09. The molecule has 7 nitrogen and oxygen atoms in total. The number of hydrogen-bond donors (Lipinski definition) is 1. The van der Waals surface area contributed by atoms with Crippen LogP contribution in [0.2, 0.25) is 0 Å². The van der Waals surface area contributed by atoms with Crippen LogP contribution in [-0.4, -0.2) is 58.2 Å². The number of rotatable bonds is 9. The largest absolute Gasteiger partial charge is 0.496 e. The first kappa shape index (κ1) is 27.7. The fourth-order valence-electron chi connectivity index (χ4n) is 5.88. The van der Waals surface area contributed by atoms with E-state index in [1.807, 2.05) is 47.4 Å². The zero-order chi connectivity index (χ0) is 28.1. The van der Waals surface area contributed by atoms with Gasteiger partial charge in [0.1, 0.15) is 11.9 Å². The van der Waals surface area contributed by atoms with Crippen LogP contribution in [0.4, 0.5) is 4.39 Å². The summed E-state index contributed by atoms with van der Waals surface area (Å²) in [7, 11) is 1.69. The minimum Gasteiger partial charge on any atom is -0.496 e. The summed E-state index contributed by atoms with van der Waals surface area (Å²) in [4.78, 5) is 36.2. The summed E-state index contributed by atoms with van der Waals surface area (Å²) < 4.78 is 19.3. The van der Waals surface area contributed by atoms with Crippen LogP contribution < -0.4 is 4.74 Å². The molecule has 3 aromatic rings. The van der Waals surface area contributed by atoms with Gasteiger partial charge in [-0.05, 0) is 80.7 Å². The predicted molar refractivity (Wildman–Crippen MR) is 152 cm³/mol. The highest BCUT2D eigenvalue weighted by Gasteiger charge is 2.27. The van der Waals surface area contributed by atoms with E-state index in [0.29, 0.717) is 67.7 Å². The summed E-state index contributed by atoms with van der Waals surface area (Å²) in [5.74, 6) is 0.393. The summed E-state index contributed by atoms with van der Waals surface area (Å²) in [6, 6.07) is 13.6. The fraction of sp³-hybridized carbons (Fsp3) is 0.438. The average Bonchev–Trinajstić information content (AvgIpc) is 2.98. The molecule has 2 aromatic carbocycles. The molecule has 1 saturated heterocycles. The summed E-state index contributed by atoms with van der Waals surface area (Å²) in [6.07, 6.45) is 7.28. The Morgan fingerprint density at radius 3 is 2.52 bits per heavy atom. The lowest BCUT2D eigenvalue weighted by Crippen LogP contribution is -2.38. The van der Waals surface area contributed by atoms with Crippen molar-refractivity contribution in [2.24, 2.45) is 0 Å². The molecule has 1 aromatic heterocycles. The van der Waals surface area contributed by atoms with E-state index in [1.54, 1.807) is 13.2 Å². The molecule has 2 unspecified atom stereocenters. The van der Waals surface area contributed by atoms with Gasteiger partial charge in [-0.15, -0.1) is 0 Å². The lowest BCUT2D eigenvalue weighted by atomic mass is 9.88. The highest BCUT2D eigenvalue weighted by atomic mass is 19.1. The van der Waals surface area contributed by atoms with Crippen molar-refractivity contribution in [1.29, 1.82) is 0 Å². The number of carbonyl (C=O) groups excluding carboxylic acids is 1. The van der Waals surface area contributed by atoms with Crippen LogP contribution in [0.1, 0.15) is 84.1 Å². The van der Waals surface area contributed by atoms with Gasteiger partial charge in [-0.2, -0.15) is 0 Å². The number of fused-ring (bicyclic) bond motifs is 1. The van der Waals surface area contributed by atoms with Crippen molar-refractivity contribution in [3.05, 3.63) is 77.1 Å². The number of para-hydroxylation sites is 1. The Balaban J connectivity index is 1.34. The van der Waals surface area contributed by atoms with E-state index in [0.717, 1.165) is 30.0 Å². The van der Waals surface area contributed by atoms with Crippen LogP contribution in [0.3, 0.4) is 0 Å². The lowest BCUT2D eigenvalue weighted by Gasteiger charge is -2.33. The number of nitrogens with zero attached hydrogens (tertiary/aromatic N) is 3. The van der Waals surface area contributed by atoms with E-state index in [9.17, 15) is 14.0 Å². The molecule has 40 heavy (non-hydrogen) atoms. The number of piperidine rings is 1. The van der Waals surface area contributed by atoms with Crippen LogP contribution in [-0.2, 0) is 11.2 Å². The number of allylic oxidation sites excluding steroid dienone is 2. The molecule has 1 amide bonds. The van der Waals surface area contributed by atoms with Gasteiger partial charge in [-0.25, -0.2) is 14.4 Å². The van der Waals surface area contributed by atoms with Crippen LogP contribution in [0, 0.1) is 0 Å². The highest BCUT2D eigenvalue weighted by molar-refractivity contribution is 5.97. The number of amides is 1. The molecule has 0 radical (unpaired) electrons. The van der Waals surface area contributed by atoms with E-state index >= 15 is 0 Å². The number of aromatic nitrogens is 2. The van der Waals surface area contributed by atoms with Crippen molar-refractivity contribution in [3.8, 4) is 5.75 Å². The molecule has 0 saturated carbocycles. The molecule has 0 spiro atoms. The first-order valence-electron chi connectivity index (χ1n) is 14.2. The minimum atomic E-state index is -0.933. The number of aliphatic carboxylic acids is 1. The number of carboxylic acids is 1. The van der Waals surface area contributed by atoms with Crippen LogP contribution in [0.25, 0.3) is 11.0 Å². The number of carboxylic acid groups (broad SMARTS) is 1. The minimum absolute atomic E-state index is 0.0153. The second kappa shape index (κ2) is 12.6. The molecule has 1 N–H and O–H groups in total. The maximum Gasteiger partial charge on any atom is 0.303 e. The van der Waals surface area contributed by atoms with Gasteiger partial charge in [0.05, 0.1) is 29.5 Å². The van der Waals surface area contributed by atoms with E-state index in [4.69, 9.17) is 19.8 Å². The van der Waals surface area contributed by atoms with Gasteiger partial charge in [0.25, 0.3) is 5.91 Å². The first-order chi connectivity index (χ1) is 19.4. The average molecular weight is 546 g/mol. The van der Waals surface area contributed by atoms with Crippen LogP contribution >= 0.6 is 0 Å². The van der Waals surface area contributed by atoms with E-state index in [1.165, 1.54) is 5.56 Å². The Morgan fingerprint density at radius 2 is 1.80 bits per heavy atom. The molecule has 210 valence electrons. The van der Waals surface area contributed by atoms with Crippen molar-refractivity contribution in [3.63, 3.8) is 0 Å². The zero-order valence-corrected chi connectivity index (χ0v) is 22.9. The van der Waals surface area contributed by atoms with Gasteiger partial charge in [-0.1, -0.05) is 30.4 Å². The molecular weight excluding hydrogens is 509 g/mol. The van der Waals surface area contributed by atoms with Gasteiger partial charge < -0.3 is 14.7 Å². The van der Waals surface area contributed by atoms with Crippen molar-refractivity contribution < 1.29 is 23.8 Å². The van der Waals surface area contributed by atoms with Crippen LogP contribution in [0.5, 0.6) is 5.75 Å². The Kier molecular flexibility index (Phi) is 8.72. The molecule has 0 bridgehead atoms. The molecule has 1 aliphatic heterocycles. The Morgan fingerprint density at radius 1 is 1.00 bits per heavy atom. The number of unbranched alkanes of at least 4 members (excludes halogenated alkanes) is 1. The maximum absolute atomic E-state index is 13.7. The summed E-state index contributed by atoms with van der Waals surface area (Å²) >= 11 is 0. The fourth-order valence-corrected chi connectivity index (χ4v) is 5.88. The van der Waals surface area contributed by atoms with Gasteiger partial charge in [0.15, 0.2) is 0 Å². The van der Waals surface area contributed by atoms with Crippen molar-refractivity contribution >= 4 is 22.9 Å². The quantitative estimate of drug-likeness (QED) is 0.253. The number of alkyl halides is 1. The molecule has 2 atom stereocenters. The summed E-state index contributed by atoms with van der Waals surface area (Å²) in [5, 5.41) is 9.01. The number of benzene rings is 2. The number of hydrogen-bond acceptors (Lipinski definition) is 5. The van der Waals surface area contributed by atoms with Crippen molar-refractivity contribution in [2.45, 2.75) is 69.4 Å². The van der Waals surface area contributed by atoms with Gasteiger partial charge >= 0.3 is 5.97 Å². The molecule has 1 fully saturated rings. The smallest absolute Gasteiger partial charge is 0.303 e. The number of halogens is 1. The second-order valence-electron chi connectivity index (χ2n) is 10.8. The van der Waals surface area contributed by atoms with Gasteiger partial charge in [0.2, 0.25) is 0 Å². The predicted octanol–water partition coefficient (Wildman–Crippen LogP) is 6.23. The van der Waals surface area contributed by atoms with Crippen molar-refractivity contribution in [2.75, 3.05) is 20.2 Å². The molecule has 2 aliphatic rings. The van der Waals surface area contributed by atoms with E-state index < -0.39 is 12.1 Å². The number of carbonyl (C=O) groups is 2. The topological polar surface area (TPSA) is 92.6 Å². The molecule has 1 aliphatic carbocycles. The van der Waals surface area contributed by atoms with Crippen molar-refractivity contribution in [1.82, 2.24) is 14.9 Å². The second-order valence-corrected chi connectivity index (χ2v) is 10.8. The molecular formula is C32H36FN3O4. The Hall–Kier alpha value is -3.81. The third-order valence-corrected chi connectivity index (χ3v) is 8.09. The zero-order valence-electron chi connectivity index (χ0n) is 22.9. The normalized spacial score (nSPS) is 19.6. The van der Waals surface area contributed by atoms with E-state index in [-0.39, 0.29) is 18.2 Å². The summed E-state index contributed by atoms with van der Waals surface area (Å²) in [6.45, 7) is 1.34. The van der Waals surface area contributed by atoms with Crippen LogP contribution in [0.15, 0.2) is 54.6 Å². The maximum atomic E-state index is 13.7.